The highest BCUT2D eigenvalue weighted by atomic mass is 35.5. The Labute approximate surface area is 118 Å². The first-order valence-electron chi connectivity index (χ1n) is 6.61. The van der Waals surface area contributed by atoms with Gasteiger partial charge in [-0.3, -0.25) is 0 Å². The number of nitrogens with zero attached hydrogens (tertiary/aromatic N) is 2. The summed E-state index contributed by atoms with van der Waals surface area (Å²) in [6.07, 6.45) is 3.38. The summed E-state index contributed by atoms with van der Waals surface area (Å²) in [5.74, 6) is 1.79. The van der Waals surface area contributed by atoms with Crippen LogP contribution in [0.15, 0.2) is 24.3 Å². The summed E-state index contributed by atoms with van der Waals surface area (Å²) in [6, 6.07) is 8.43. The van der Waals surface area contributed by atoms with Crippen LogP contribution in [0.4, 0.5) is 0 Å². The number of fused-ring (bicyclic) bond motifs is 1. The normalized spacial score (nSPS) is 18.2. The summed E-state index contributed by atoms with van der Waals surface area (Å²) in [5.41, 5.74) is 2.22. The zero-order valence-corrected chi connectivity index (χ0v) is 11.9. The molecule has 1 aromatic heterocycles. The molecule has 19 heavy (non-hydrogen) atoms. The van der Waals surface area contributed by atoms with Crippen LogP contribution >= 0.6 is 11.6 Å². The van der Waals surface area contributed by atoms with Gasteiger partial charge in [0.15, 0.2) is 5.15 Å². The van der Waals surface area contributed by atoms with Gasteiger partial charge in [0.05, 0.1) is 12.8 Å². The second kappa shape index (κ2) is 4.89. The Bertz CT molecular complexity index is 606. The van der Waals surface area contributed by atoms with Crippen LogP contribution < -0.4 is 4.74 Å². The minimum Gasteiger partial charge on any atom is -0.497 e. The molecule has 0 amide bonds. The lowest BCUT2D eigenvalue weighted by atomic mass is 10.0. The van der Waals surface area contributed by atoms with E-state index in [1.807, 2.05) is 18.2 Å². The summed E-state index contributed by atoms with van der Waals surface area (Å²) >= 11 is 6.29. The predicted octanol–water partition coefficient (Wildman–Crippen LogP) is 4.11. The van der Waals surface area contributed by atoms with Crippen LogP contribution in [-0.2, 0) is 6.42 Å². The van der Waals surface area contributed by atoms with E-state index in [1.54, 1.807) is 7.11 Å². The van der Waals surface area contributed by atoms with Crippen molar-refractivity contribution in [1.82, 2.24) is 9.55 Å². The van der Waals surface area contributed by atoms with E-state index in [4.69, 9.17) is 16.3 Å². The van der Waals surface area contributed by atoms with E-state index in [0.29, 0.717) is 11.2 Å². The Kier molecular flexibility index (Phi) is 3.23. The molecule has 4 heteroatoms. The highest BCUT2D eigenvalue weighted by Crippen LogP contribution is 2.35. The van der Waals surface area contributed by atoms with Crippen molar-refractivity contribution in [1.29, 1.82) is 0 Å². The number of imidazole rings is 1. The van der Waals surface area contributed by atoms with Gasteiger partial charge in [-0.1, -0.05) is 23.7 Å². The van der Waals surface area contributed by atoms with Gasteiger partial charge in [-0.25, -0.2) is 4.98 Å². The van der Waals surface area contributed by atoms with E-state index in [2.05, 4.69) is 22.5 Å². The van der Waals surface area contributed by atoms with Gasteiger partial charge in [-0.05, 0) is 38.3 Å². The van der Waals surface area contributed by atoms with Crippen molar-refractivity contribution in [2.45, 2.75) is 32.2 Å². The van der Waals surface area contributed by atoms with E-state index >= 15 is 0 Å². The van der Waals surface area contributed by atoms with Gasteiger partial charge < -0.3 is 9.30 Å². The van der Waals surface area contributed by atoms with Gasteiger partial charge in [0.1, 0.15) is 11.6 Å². The Morgan fingerprint density at radius 1 is 1.42 bits per heavy atom. The molecule has 0 bridgehead atoms. The number of hydrogen-bond acceptors (Lipinski definition) is 2. The van der Waals surface area contributed by atoms with E-state index in [0.717, 1.165) is 23.6 Å². The molecule has 0 fully saturated rings. The van der Waals surface area contributed by atoms with E-state index < -0.39 is 0 Å². The summed E-state index contributed by atoms with van der Waals surface area (Å²) in [7, 11) is 1.68. The lowest BCUT2D eigenvalue weighted by Crippen LogP contribution is -2.15. The molecule has 1 unspecified atom stereocenters. The van der Waals surface area contributed by atoms with Crippen molar-refractivity contribution in [2.75, 3.05) is 7.11 Å². The zero-order chi connectivity index (χ0) is 13.4. The standard InChI is InChI=1S/C15H17ClN2O/c1-10-5-3-8-13-14(16)17-15(18(10)13)11-6-4-7-12(9-11)19-2/h4,6-7,9-10H,3,5,8H2,1-2H3. The first-order chi connectivity index (χ1) is 9.20. The number of aromatic nitrogens is 2. The topological polar surface area (TPSA) is 27.1 Å². The smallest absolute Gasteiger partial charge is 0.150 e. The molecule has 100 valence electrons. The van der Waals surface area contributed by atoms with Crippen LogP contribution in [0.2, 0.25) is 5.15 Å². The fourth-order valence-corrected chi connectivity index (χ4v) is 3.06. The third-order valence-electron chi connectivity index (χ3n) is 3.77. The van der Waals surface area contributed by atoms with Crippen LogP contribution in [0.1, 0.15) is 31.5 Å². The molecule has 0 spiro atoms. The van der Waals surface area contributed by atoms with Gasteiger partial charge in [0.25, 0.3) is 0 Å². The van der Waals surface area contributed by atoms with Crippen LogP contribution in [0.3, 0.4) is 0 Å². The van der Waals surface area contributed by atoms with Gasteiger partial charge in [0.2, 0.25) is 0 Å². The number of benzene rings is 1. The van der Waals surface area contributed by atoms with Crippen LogP contribution in [0.25, 0.3) is 11.4 Å². The largest absolute Gasteiger partial charge is 0.497 e. The van der Waals surface area contributed by atoms with Gasteiger partial charge in [-0.2, -0.15) is 0 Å². The first kappa shape index (κ1) is 12.5. The van der Waals surface area contributed by atoms with Crippen molar-refractivity contribution < 1.29 is 4.74 Å². The number of halogens is 1. The van der Waals surface area contributed by atoms with Gasteiger partial charge in [-0.15, -0.1) is 0 Å². The minimum absolute atomic E-state index is 0.449. The molecule has 0 radical (unpaired) electrons. The lowest BCUT2D eigenvalue weighted by molar-refractivity contribution is 0.414. The second-order valence-corrected chi connectivity index (χ2v) is 5.37. The van der Waals surface area contributed by atoms with Crippen molar-refractivity contribution in [3.63, 3.8) is 0 Å². The highest BCUT2D eigenvalue weighted by Gasteiger charge is 2.24. The fraction of sp³-hybridized carbons (Fsp3) is 0.400. The molecule has 1 aromatic carbocycles. The Balaban J connectivity index is 2.15. The third kappa shape index (κ3) is 2.12. The molecule has 1 aliphatic rings. The lowest BCUT2D eigenvalue weighted by Gasteiger charge is -2.24. The van der Waals surface area contributed by atoms with Crippen LogP contribution in [-0.4, -0.2) is 16.7 Å². The molecular weight excluding hydrogens is 260 g/mol. The molecule has 0 saturated carbocycles. The van der Waals surface area contributed by atoms with Crippen molar-refractivity contribution in [3.05, 3.63) is 35.1 Å². The average Bonchev–Trinajstić information content (AvgIpc) is 2.78. The van der Waals surface area contributed by atoms with Crippen LogP contribution in [0.5, 0.6) is 5.75 Å². The van der Waals surface area contributed by atoms with E-state index in [9.17, 15) is 0 Å². The highest BCUT2D eigenvalue weighted by molar-refractivity contribution is 6.30. The molecule has 2 heterocycles. The molecule has 3 nitrogen and oxygen atoms in total. The molecule has 1 aliphatic heterocycles. The Morgan fingerprint density at radius 3 is 3.05 bits per heavy atom. The van der Waals surface area contributed by atoms with Gasteiger partial charge in [0, 0.05) is 11.6 Å². The maximum Gasteiger partial charge on any atom is 0.150 e. The Hall–Kier alpha value is -1.48. The first-order valence-corrected chi connectivity index (χ1v) is 6.99. The average molecular weight is 277 g/mol. The van der Waals surface area contributed by atoms with E-state index in [-0.39, 0.29) is 0 Å². The molecule has 0 N–H and O–H groups in total. The van der Waals surface area contributed by atoms with Crippen molar-refractivity contribution in [2.24, 2.45) is 0 Å². The molecule has 0 saturated heterocycles. The maximum absolute atomic E-state index is 6.29. The van der Waals surface area contributed by atoms with Crippen LogP contribution in [0, 0.1) is 0 Å². The number of ether oxygens (including phenoxy) is 1. The predicted molar refractivity (Wildman–Crippen MR) is 76.9 cm³/mol. The number of rotatable bonds is 2. The summed E-state index contributed by atoms with van der Waals surface area (Å²) in [4.78, 5) is 4.56. The number of hydrogen-bond donors (Lipinski definition) is 0. The molecular formula is C15H17ClN2O. The quantitative estimate of drug-likeness (QED) is 0.825. The van der Waals surface area contributed by atoms with E-state index in [1.165, 1.54) is 18.5 Å². The van der Waals surface area contributed by atoms with Crippen molar-refractivity contribution in [3.8, 4) is 17.1 Å². The zero-order valence-electron chi connectivity index (χ0n) is 11.2. The fourth-order valence-electron chi connectivity index (χ4n) is 2.80. The second-order valence-electron chi connectivity index (χ2n) is 5.02. The molecule has 0 aliphatic carbocycles. The van der Waals surface area contributed by atoms with Gasteiger partial charge >= 0.3 is 0 Å². The molecule has 2 aromatic rings. The third-order valence-corrected chi connectivity index (χ3v) is 4.07. The number of methoxy groups -OCH3 is 1. The molecule has 3 rings (SSSR count). The summed E-state index contributed by atoms with van der Waals surface area (Å²) < 4.78 is 7.56. The van der Waals surface area contributed by atoms with Crippen molar-refractivity contribution >= 4 is 11.6 Å². The SMILES string of the molecule is COc1cccc(-c2nc(Cl)c3n2C(C)CCC3)c1. The summed E-state index contributed by atoms with van der Waals surface area (Å²) in [5, 5.41) is 0.643. The monoisotopic (exact) mass is 276 g/mol. The Morgan fingerprint density at radius 2 is 2.26 bits per heavy atom. The maximum atomic E-state index is 6.29. The molecule has 1 atom stereocenters. The summed E-state index contributed by atoms with van der Waals surface area (Å²) in [6.45, 7) is 2.23. The minimum atomic E-state index is 0.449.